The van der Waals surface area contributed by atoms with E-state index in [-0.39, 0.29) is 17.0 Å². The maximum Gasteiger partial charge on any atom is 0.343 e. The first-order chi connectivity index (χ1) is 8.17. The molecule has 0 unspecified atom stereocenters. The molecule has 88 valence electrons. The zero-order valence-electron chi connectivity index (χ0n) is 9.23. The zero-order valence-corrected chi connectivity index (χ0v) is 9.23. The van der Waals surface area contributed by atoms with Crippen LogP contribution in [0.25, 0.3) is 11.0 Å². The molecule has 6 heteroatoms. The van der Waals surface area contributed by atoms with E-state index in [9.17, 15) is 9.18 Å². The number of hydrogen-bond acceptors (Lipinski definition) is 5. The largest absolute Gasteiger partial charge is 0.481 e. The van der Waals surface area contributed by atoms with E-state index in [1.165, 1.54) is 14.2 Å². The lowest BCUT2D eigenvalue weighted by Gasteiger charge is -2.06. The van der Waals surface area contributed by atoms with Crippen LogP contribution in [0, 0.1) is 5.82 Å². The molecule has 0 N–H and O–H groups in total. The molecule has 0 aliphatic rings. The number of methoxy groups -OCH3 is 2. The zero-order chi connectivity index (χ0) is 12.4. The van der Waals surface area contributed by atoms with Crippen LogP contribution < -0.4 is 4.74 Å². The first-order valence-electron chi connectivity index (χ1n) is 4.75. The third-order valence-electron chi connectivity index (χ3n) is 2.24. The van der Waals surface area contributed by atoms with E-state index in [2.05, 4.69) is 14.7 Å². The molecule has 2 aromatic rings. The molecule has 0 atom stereocenters. The minimum atomic E-state index is -0.796. The Balaban J connectivity index is 2.77. The Kier molecular flexibility index (Phi) is 2.86. The molecule has 0 aliphatic heterocycles. The number of pyridine rings is 2. The van der Waals surface area contributed by atoms with Crippen molar-refractivity contribution in [1.82, 2.24) is 9.97 Å². The summed E-state index contributed by atoms with van der Waals surface area (Å²) in [5.41, 5.74) is 0.278. The normalized spacial score (nSPS) is 10.3. The van der Waals surface area contributed by atoms with Crippen LogP contribution >= 0.6 is 0 Å². The van der Waals surface area contributed by atoms with Gasteiger partial charge < -0.3 is 9.47 Å². The van der Waals surface area contributed by atoms with Crippen LogP contribution in [-0.4, -0.2) is 30.2 Å². The Hall–Kier alpha value is -2.24. The van der Waals surface area contributed by atoms with E-state index >= 15 is 0 Å². The molecule has 0 saturated carbocycles. The first kappa shape index (κ1) is 11.3. The van der Waals surface area contributed by atoms with Crippen LogP contribution in [0.15, 0.2) is 18.3 Å². The molecule has 0 spiro atoms. The third-order valence-corrected chi connectivity index (χ3v) is 2.24. The summed E-state index contributed by atoms with van der Waals surface area (Å²) in [6, 6.07) is 3.17. The summed E-state index contributed by atoms with van der Waals surface area (Å²) in [6.45, 7) is 0. The predicted molar refractivity (Wildman–Crippen MR) is 57.4 cm³/mol. The van der Waals surface area contributed by atoms with Gasteiger partial charge in [0.25, 0.3) is 0 Å². The van der Waals surface area contributed by atoms with Gasteiger partial charge in [-0.25, -0.2) is 14.2 Å². The number of ether oxygens (including phenoxy) is 2. The van der Waals surface area contributed by atoms with Gasteiger partial charge in [0.05, 0.1) is 25.9 Å². The number of esters is 1. The lowest BCUT2D eigenvalue weighted by Crippen LogP contribution is -2.07. The second-order valence-electron chi connectivity index (χ2n) is 3.19. The summed E-state index contributed by atoms with van der Waals surface area (Å²) in [6.07, 6.45) is 0.961. The van der Waals surface area contributed by atoms with Crippen LogP contribution in [0.1, 0.15) is 10.4 Å². The van der Waals surface area contributed by atoms with Crippen molar-refractivity contribution in [3.63, 3.8) is 0 Å². The lowest BCUT2D eigenvalue weighted by molar-refractivity contribution is 0.0597. The summed E-state index contributed by atoms with van der Waals surface area (Å²) in [4.78, 5) is 19.3. The fourth-order valence-electron chi connectivity index (χ4n) is 1.44. The number of aromatic nitrogens is 2. The Bertz CT molecular complexity index is 586. The summed E-state index contributed by atoms with van der Waals surface area (Å²) in [7, 11) is 2.60. The molecular formula is C11H9FN2O3. The SMILES string of the molecule is COC(=O)c1c(F)cnc2ccc(OC)nc12. The number of rotatable bonds is 2. The van der Waals surface area contributed by atoms with Gasteiger partial charge in [-0.1, -0.05) is 0 Å². The van der Waals surface area contributed by atoms with E-state index < -0.39 is 11.8 Å². The lowest BCUT2D eigenvalue weighted by atomic mass is 10.2. The number of halogens is 1. The number of fused-ring (bicyclic) bond motifs is 1. The fourth-order valence-corrected chi connectivity index (χ4v) is 1.44. The molecule has 2 aromatic heterocycles. The second-order valence-corrected chi connectivity index (χ2v) is 3.19. The van der Waals surface area contributed by atoms with Crippen LogP contribution in [-0.2, 0) is 4.74 Å². The maximum absolute atomic E-state index is 13.5. The van der Waals surface area contributed by atoms with Crippen molar-refractivity contribution >= 4 is 17.0 Å². The van der Waals surface area contributed by atoms with Gasteiger partial charge in [0.1, 0.15) is 11.1 Å². The molecule has 17 heavy (non-hydrogen) atoms. The highest BCUT2D eigenvalue weighted by Crippen LogP contribution is 2.21. The van der Waals surface area contributed by atoms with Gasteiger partial charge in [0.15, 0.2) is 5.82 Å². The van der Waals surface area contributed by atoms with Crippen molar-refractivity contribution in [3.05, 3.63) is 29.7 Å². The molecule has 2 heterocycles. The minimum Gasteiger partial charge on any atom is -0.481 e. The quantitative estimate of drug-likeness (QED) is 0.740. The van der Waals surface area contributed by atoms with Crippen molar-refractivity contribution in [1.29, 1.82) is 0 Å². The molecule has 0 radical (unpaired) electrons. The maximum atomic E-state index is 13.5. The van der Waals surface area contributed by atoms with Gasteiger partial charge in [0.2, 0.25) is 5.88 Å². The van der Waals surface area contributed by atoms with Gasteiger partial charge in [-0.15, -0.1) is 0 Å². The fraction of sp³-hybridized carbons (Fsp3) is 0.182. The van der Waals surface area contributed by atoms with Crippen LogP contribution in [0.3, 0.4) is 0 Å². The molecule has 0 aliphatic carbocycles. The highest BCUT2D eigenvalue weighted by molar-refractivity contribution is 6.01. The summed E-state index contributed by atoms with van der Waals surface area (Å²) in [5, 5.41) is 0. The molecule has 2 rings (SSSR count). The minimum absolute atomic E-state index is 0.121. The number of nitrogens with zero attached hydrogens (tertiary/aromatic N) is 2. The van der Waals surface area contributed by atoms with E-state index in [1.807, 2.05) is 0 Å². The Morgan fingerprint density at radius 3 is 2.76 bits per heavy atom. The predicted octanol–water partition coefficient (Wildman–Crippen LogP) is 1.56. The number of hydrogen-bond donors (Lipinski definition) is 0. The standard InChI is InChI=1S/C11H9FN2O3/c1-16-8-4-3-7-10(14-8)9(11(15)17-2)6(12)5-13-7/h3-5H,1-2H3. The number of carbonyl (C=O) groups excluding carboxylic acids is 1. The molecule has 0 saturated heterocycles. The third kappa shape index (κ3) is 1.89. The molecular weight excluding hydrogens is 227 g/mol. The highest BCUT2D eigenvalue weighted by Gasteiger charge is 2.18. The van der Waals surface area contributed by atoms with E-state index in [1.54, 1.807) is 12.1 Å². The smallest absolute Gasteiger partial charge is 0.343 e. The topological polar surface area (TPSA) is 61.3 Å². The summed E-state index contributed by atoms with van der Waals surface area (Å²) < 4.78 is 23.0. The van der Waals surface area contributed by atoms with E-state index in [4.69, 9.17) is 4.74 Å². The highest BCUT2D eigenvalue weighted by atomic mass is 19.1. The molecule has 0 bridgehead atoms. The van der Waals surface area contributed by atoms with Crippen LogP contribution in [0.5, 0.6) is 5.88 Å². The van der Waals surface area contributed by atoms with Gasteiger partial charge >= 0.3 is 5.97 Å². The Labute approximate surface area is 96.2 Å². The summed E-state index contributed by atoms with van der Waals surface area (Å²) >= 11 is 0. The molecule has 5 nitrogen and oxygen atoms in total. The van der Waals surface area contributed by atoms with Gasteiger partial charge in [-0.05, 0) is 6.07 Å². The Morgan fingerprint density at radius 1 is 1.35 bits per heavy atom. The Morgan fingerprint density at radius 2 is 2.12 bits per heavy atom. The van der Waals surface area contributed by atoms with Gasteiger partial charge in [0, 0.05) is 6.07 Å². The van der Waals surface area contributed by atoms with Crippen molar-refractivity contribution in [2.45, 2.75) is 0 Å². The number of carbonyl (C=O) groups is 1. The molecule has 0 aromatic carbocycles. The molecule has 0 amide bonds. The van der Waals surface area contributed by atoms with Gasteiger partial charge in [-0.3, -0.25) is 4.98 Å². The summed E-state index contributed by atoms with van der Waals surface area (Å²) in [5.74, 6) is -1.30. The average molecular weight is 236 g/mol. The monoisotopic (exact) mass is 236 g/mol. The van der Waals surface area contributed by atoms with Gasteiger partial charge in [-0.2, -0.15) is 0 Å². The van der Waals surface area contributed by atoms with Crippen molar-refractivity contribution < 1.29 is 18.7 Å². The van der Waals surface area contributed by atoms with Crippen molar-refractivity contribution in [2.75, 3.05) is 14.2 Å². The van der Waals surface area contributed by atoms with E-state index in [0.717, 1.165) is 6.20 Å². The second kappa shape index (κ2) is 4.32. The molecule has 0 fully saturated rings. The average Bonchev–Trinajstić information content (AvgIpc) is 2.37. The van der Waals surface area contributed by atoms with Crippen LogP contribution in [0.4, 0.5) is 4.39 Å². The first-order valence-corrected chi connectivity index (χ1v) is 4.75. The van der Waals surface area contributed by atoms with Crippen LogP contribution in [0.2, 0.25) is 0 Å². The van der Waals surface area contributed by atoms with E-state index in [0.29, 0.717) is 5.52 Å². The van der Waals surface area contributed by atoms with Crippen molar-refractivity contribution in [2.24, 2.45) is 0 Å². The van der Waals surface area contributed by atoms with Crippen molar-refractivity contribution in [3.8, 4) is 5.88 Å².